The Morgan fingerprint density at radius 2 is 2.21 bits per heavy atom. The van der Waals surface area contributed by atoms with Crippen molar-refractivity contribution in [2.75, 3.05) is 18.4 Å². The second-order valence-corrected chi connectivity index (χ2v) is 4.99. The Hall–Kier alpha value is -1.49. The maximum Gasteiger partial charge on any atom is 0.238 e. The predicted molar refractivity (Wildman–Crippen MR) is 69.9 cm³/mol. The molecule has 1 atom stereocenters. The van der Waals surface area contributed by atoms with Gasteiger partial charge in [0.15, 0.2) is 0 Å². The Bertz CT molecular complexity index is 465. The fourth-order valence-electron chi connectivity index (χ4n) is 2.36. The van der Waals surface area contributed by atoms with Crippen LogP contribution < -0.4 is 5.32 Å². The summed E-state index contributed by atoms with van der Waals surface area (Å²) >= 11 is 0. The monoisotopic (exact) mass is 268 g/mol. The zero-order valence-electron chi connectivity index (χ0n) is 11.0. The van der Waals surface area contributed by atoms with Crippen LogP contribution in [0, 0.1) is 11.6 Å². The Labute approximate surface area is 111 Å². The van der Waals surface area contributed by atoms with E-state index in [1.807, 2.05) is 0 Å². The molecule has 0 aliphatic carbocycles. The summed E-state index contributed by atoms with van der Waals surface area (Å²) in [5.41, 5.74) is -0.102. The molecule has 5 heteroatoms. The predicted octanol–water partition coefficient (Wildman–Crippen LogP) is 2.78. The highest BCUT2D eigenvalue weighted by atomic mass is 19.1. The molecule has 1 N–H and O–H groups in total. The molecule has 0 unspecified atom stereocenters. The lowest BCUT2D eigenvalue weighted by molar-refractivity contribution is -0.118. The van der Waals surface area contributed by atoms with Crippen molar-refractivity contribution in [2.45, 2.75) is 32.2 Å². The van der Waals surface area contributed by atoms with Gasteiger partial charge >= 0.3 is 0 Å². The highest BCUT2D eigenvalue weighted by molar-refractivity contribution is 5.92. The second-order valence-electron chi connectivity index (χ2n) is 4.99. The molecule has 0 aromatic heterocycles. The van der Waals surface area contributed by atoms with Gasteiger partial charge < -0.3 is 5.32 Å². The summed E-state index contributed by atoms with van der Waals surface area (Å²) in [6.45, 7) is 3.17. The summed E-state index contributed by atoms with van der Waals surface area (Å²) in [6.07, 6.45) is 3.32. The molecule has 1 saturated heterocycles. The lowest BCUT2D eigenvalue weighted by atomic mass is 10.0. The molecule has 3 nitrogen and oxygen atoms in total. The van der Waals surface area contributed by atoms with E-state index in [4.69, 9.17) is 0 Å². The van der Waals surface area contributed by atoms with Gasteiger partial charge in [-0.15, -0.1) is 0 Å². The van der Waals surface area contributed by atoms with Crippen LogP contribution in [0.5, 0.6) is 0 Å². The van der Waals surface area contributed by atoms with Gasteiger partial charge in [0.25, 0.3) is 0 Å². The van der Waals surface area contributed by atoms with E-state index in [0.717, 1.165) is 37.6 Å². The van der Waals surface area contributed by atoms with E-state index in [1.54, 1.807) is 0 Å². The van der Waals surface area contributed by atoms with Crippen molar-refractivity contribution in [1.29, 1.82) is 0 Å². The molecule has 1 heterocycles. The standard InChI is InChI=1S/C14H18F2N2O/c1-10-4-2-3-7-18(10)9-14(19)17-13-8-11(15)5-6-12(13)16/h5-6,8,10H,2-4,7,9H2,1H3,(H,17,19)/t10-/m0/s1. The van der Waals surface area contributed by atoms with Crippen molar-refractivity contribution >= 4 is 11.6 Å². The van der Waals surface area contributed by atoms with Crippen LogP contribution in [0.15, 0.2) is 18.2 Å². The number of hydrogen-bond acceptors (Lipinski definition) is 2. The highest BCUT2D eigenvalue weighted by Gasteiger charge is 2.20. The van der Waals surface area contributed by atoms with Crippen LogP contribution in [0.25, 0.3) is 0 Å². The Morgan fingerprint density at radius 3 is 2.95 bits per heavy atom. The zero-order valence-corrected chi connectivity index (χ0v) is 11.0. The van der Waals surface area contributed by atoms with E-state index < -0.39 is 11.6 Å². The van der Waals surface area contributed by atoms with Gasteiger partial charge in [-0.1, -0.05) is 6.42 Å². The first-order valence-corrected chi connectivity index (χ1v) is 6.55. The Balaban J connectivity index is 1.95. The molecule has 1 amide bonds. The number of rotatable bonds is 3. The number of benzene rings is 1. The average Bonchev–Trinajstić information content (AvgIpc) is 2.37. The van der Waals surface area contributed by atoms with Crippen LogP contribution in [-0.4, -0.2) is 29.9 Å². The minimum atomic E-state index is -0.624. The largest absolute Gasteiger partial charge is 0.322 e. The lowest BCUT2D eigenvalue weighted by Crippen LogP contribution is -2.42. The van der Waals surface area contributed by atoms with Crippen LogP contribution >= 0.6 is 0 Å². The fourth-order valence-corrected chi connectivity index (χ4v) is 2.36. The summed E-state index contributed by atoms with van der Waals surface area (Å²) in [7, 11) is 0. The third kappa shape index (κ3) is 3.73. The summed E-state index contributed by atoms with van der Waals surface area (Å²) < 4.78 is 26.4. The third-order valence-corrected chi connectivity index (χ3v) is 3.49. The quantitative estimate of drug-likeness (QED) is 0.914. The molecular weight excluding hydrogens is 250 g/mol. The summed E-state index contributed by atoms with van der Waals surface area (Å²) in [5, 5.41) is 2.42. The highest BCUT2D eigenvalue weighted by Crippen LogP contribution is 2.18. The minimum absolute atomic E-state index is 0.102. The van der Waals surface area contributed by atoms with Gasteiger partial charge in [-0.05, 0) is 38.4 Å². The number of carbonyl (C=O) groups is 1. The first-order chi connectivity index (χ1) is 9.06. The van der Waals surface area contributed by atoms with E-state index in [1.165, 1.54) is 6.42 Å². The zero-order chi connectivity index (χ0) is 13.8. The number of amides is 1. The van der Waals surface area contributed by atoms with E-state index in [9.17, 15) is 13.6 Å². The van der Waals surface area contributed by atoms with Crippen LogP contribution in [0.2, 0.25) is 0 Å². The second kappa shape index (κ2) is 6.10. The van der Waals surface area contributed by atoms with Crippen molar-refractivity contribution in [3.8, 4) is 0 Å². The van der Waals surface area contributed by atoms with Crippen molar-refractivity contribution in [3.05, 3.63) is 29.8 Å². The van der Waals surface area contributed by atoms with E-state index in [0.29, 0.717) is 6.04 Å². The first kappa shape index (κ1) is 13.9. The van der Waals surface area contributed by atoms with Crippen molar-refractivity contribution in [3.63, 3.8) is 0 Å². The topological polar surface area (TPSA) is 32.3 Å². The maximum absolute atomic E-state index is 13.4. The van der Waals surface area contributed by atoms with Gasteiger partial charge in [-0.25, -0.2) is 8.78 Å². The fraction of sp³-hybridized carbons (Fsp3) is 0.500. The number of nitrogens with zero attached hydrogens (tertiary/aromatic N) is 1. The molecular formula is C14H18F2N2O. The smallest absolute Gasteiger partial charge is 0.238 e. The number of piperidine rings is 1. The third-order valence-electron chi connectivity index (χ3n) is 3.49. The minimum Gasteiger partial charge on any atom is -0.322 e. The van der Waals surface area contributed by atoms with Crippen LogP contribution in [0.4, 0.5) is 14.5 Å². The molecule has 1 aromatic carbocycles. The number of likely N-dealkylation sites (tertiary alicyclic amines) is 1. The molecule has 1 aliphatic rings. The van der Waals surface area contributed by atoms with Gasteiger partial charge in [0.05, 0.1) is 12.2 Å². The maximum atomic E-state index is 13.4. The Morgan fingerprint density at radius 1 is 1.42 bits per heavy atom. The molecule has 1 aliphatic heterocycles. The number of anilines is 1. The van der Waals surface area contributed by atoms with Crippen LogP contribution in [-0.2, 0) is 4.79 Å². The molecule has 104 valence electrons. The van der Waals surface area contributed by atoms with Crippen LogP contribution in [0.3, 0.4) is 0 Å². The van der Waals surface area contributed by atoms with E-state index >= 15 is 0 Å². The van der Waals surface area contributed by atoms with Gasteiger partial charge in [-0.3, -0.25) is 9.69 Å². The summed E-state index contributed by atoms with van der Waals surface area (Å²) in [4.78, 5) is 13.9. The normalized spacial score (nSPS) is 20.3. The number of nitrogens with one attached hydrogen (secondary N) is 1. The summed E-state index contributed by atoms with van der Waals surface area (Å²) in [6, 6.07) is 3.39. The van der Waals surface area contributed by atoms with Gasteiger partial charge in [0, 0.05) is 12.1 Å². The van der Waals surface area contributed by atoms with Crippen molar-refractivity contribution in [1.82, 2.24) is 4.90 Å². The number of hydrogen-bond donors (Lipinski definition) is 1. The molecule has 0 bridgehead atoms. The number of halogens is 2. The molecule has 0 spiro atoms. The SMILES string of the molecule is C[C@H]1CCCCN1CC(=O)Nc1cc(F)ccc1F. The Kier molecular flexibility index (Phi) is 4.47. The lowest BCUT2D eigenvalue weighted by Gasteiger charge is -2.32. The molecule has 0 radical (unpaired) electrons. The van der Waals surface area contributed by atoms with Gasteiger partial charge in [0.2, 0.25) is 5.91 Å². The average molecular weight is 268 g/mol. The molecule has 19 heavy (non-hydrogen) atoms. The molecule has 1 aromatic rings. The summed E-state index contributed by atoms with van der Waals surface area (Å²) in [5.74, 6) is -1.50. The molecule has 1 fully saturated rings. The van der Waals surface area contributed by atoms with Crippen molar-refractivity contribution in [2.24, 2.45) is 0 Å². The van der Waals surface area contributed by atoms with Crippen molar-refractivity contribution < 1.29 is 13.6 Å². The number of carbonyl (C=O) groups excluding carboxylic acids is 1. The molecule has 0 saturated carbocycles. The van der Waals surface area contributed by atoms with Crippen LogP contribution in [0.1, 0.15) is 26.2 Å². The van der Waals surface area contributed by atoms with E-state index in [-0.39, 0.29) is 18.1 Å². The van der Waals surface area contributed by atoms with E-state index in [2.05, 4.69) is 17.1 Å². The first-order valence-electron chi connectivity index (χ1n) is 6.55. The van der Waals surface area contributed by atoms with Gasteiger partial charge in [-0.2, -0.15) is 0 Å². The van der Waals surface area contributed by atoms with Gasteiger partial charge in [0.1, 0.15) is 11.6 Å². The molecule has 2 rings (SSSR count).